The summed E-state index contributed by atoms with van der Waals surface area (Å²) in [6.07, 6.45) is 1.56. The topological polar surface area (TPSA) is 81.2 Å². The Hall–Kier alpha value is -2.37. The molecule has 0 fully saturated rings. The van der Waals surface area contributed by atoms with Gasteiger partial charge in [-0.25, -0.2) is 9.37 Å². The number of aromatic nitrogens is 1. The molecule has 1 aromatic heterocycles. The summed E-state index contributed by atoms with van der Waals surface area (Å²) < 4.78 is 18.9. The molecule has 3 N–H and O–H groups in total. The standard InChI is InChI=1S/C13H14FN3O2/c1-7-6-16-13(19-7)8(2)17-12(18)10-4-3-9(15)5-11(10)14/h3-6,8H,15H2,1-2H3,(H,17,18). The predicted octanol–water partition coefficient (Wildman–Crippen LogP) is 2.20. The van der Waals surface area contributed by atoms with Gasteiger partial charge in [-0.2, -0.15) is 0 Å². The third kappa shape index (κ3) is 2.90. The van der Waals surface area contributed by atoms with Gasteiger partial charge in [0, 0.05) is 5.69 Å². The number of anilines is 1. The van der Waals surface area contributed by atoms with E-state index in [1.807, 2.05) is 0 Å². The monoisotopic (exact) mass is 263 g/mol. The van der Waals surface area contributed by atoms with Crippen LogP contribution in [0.15, 0.2) is 28.8 Å². The number of aryl methyl sites for hydroxylation is 1. The van der Waals surface area contributed by atoms with Gasteiger partial charge in [0.15, 0.2) is 0 Å². The number of nitrogens with two attached hydrogens (primary N) is 1. The molecule has 1 aromatic carbocycles. The summed E-state index contributed by atoms with van der Waals surface area (Å²) in [5.41, 5.74) is 5.63. The molecule has 0 aliphatic heterocycles. The SMILES string of the molecule is Cc1cnc(C(C)NC(=O)c2ccc(N)cc2F)o1. The Morgan fingerprint density at radius 2 is 2.26 bits per heavy atom. The van der Waals surface area contributed by atoms with Crippen LogP contribution in [-0.2, 0) is 0 Å². The van der Waals surface area contributed by atoms with Crippen molar-refractivity contribution in [3.8, 4) is 0 Å². The zero-order valence-electron chi connectivity index (χ0n) is 10.6. The average Bonchev–Trinajstić information content (AvgIpc) is 2.75. The zero-order chi connectivity index (χ0) is 14.0. The molecule has 1 atom stereocenters. The molecule has 1 unspecified atom stereocenters. The molecule has 0 saturated carbocycles. The first kappa shape index (κ1) is 13.1. The normalized spacial score (nSPS) is 12.2. The summed E-state index contributed by atoms with van der Waals surface area (Å²) in [5, 5.41) is 2.61. The third-order valence-corrected chi connectivity index (χ3v) is 2.59. The van der Waals surface area contributed by atoms with E-state index < -0.39 is 17.8 Å². The van der Waals surface area contributed by atoms with Crippen molar-refractivity contribution in [2.24, 2.45) is 0 Å². The number of nitrogen functional groups attached to an aromatic ring is 1. The summed E-state index contributed by atoms with van der Waals surface area (Å²) in [6, 6.07) is 3.47. The van der Waals surface area contributed by atoms with Crippen molar-refractivity contribution in [1.29, 1.82) is 0 Å². The van der Waals surface area contributed by atoms with Gasteiger partial charge in [0.25, 0.3) is 5.91 Å². The minimum Gasteiger partial charge on any atom is -0.444 e. The summed E-state index contributed by atoms with van der Waals surface area (Å²) in [7, 11) is 0. The number of carbonyl (C=O) groups excluding carboxylic acids is 1. The zero-order valence-corrected chi connectivity index (χ0v) is 10.6. The second-order valence-electron chi connectivity index (χ2n) is 4.24. The van der Waals surface area contributed by atoms with Gasteiger partial charge in [-0.15, -0.1) is 0 Å². The molecular formula is C13H14FN3O2. The first-order chi connectivity index (χ1) is 8.97. The Morgan fingerprint density at radius 1 is 1.53 bits per heavy atom. The van der Waals surface area contributed by atoms with Crippen LogP contribution in [0, 0.1) is 12.7 Å². The van der Waals surface area contributed by atoms with Crippen molar-refractivity contribution < 1.29 is 13.6 Å². The number of carbonyl (C=O) groups is 1. The van der Waals surface area contributed by atoms with Crippen molar-refractivity contribution in [1.82, 2.24) is 10.3 Å². The van der Waals surface area contributed by atoms with Crippen LogP contribution in [0.1, 0.15) is 35.0 Å². The minimum atomic E-state index is -0.659. The summed E-state index contributed by atoms with van der Waals surface area (Å²) >= 11 is 0. The van der Waals surface area contributed by atoms with E-state index in [9.17, 15) is 9.18 Å². The second-order valence-corrected chi connectivity index (χ2v) is 4.24. The largest absolute Gasteiger partial charge is 0.444 e. The molecule has 0 aliphatic carbocycles. The molecule has 0 bridgehead atoms. The van der Waals surface area contributed by atoms with E-state index in [4.69, 9.17) is 10.2 Å². The molecule has 2 aromatic rings. The van der Waals surface area contributed by atoms with E-state index in [1.54, 1.807) is 20.0 Å². The van der Waals surface area contributed by atoms with Crippen molar-refractivity contribution in [3.63, 3.8) is 0 Å². The fourth-order valence-electron chi connectivity index (χ4n) is 1.62. The highest BCUT2D eigenvalue weighted by molar-refractivity contribution is 5.95. The number of rotatable bonds is 3. The molecule has 1 amide bonds. The van der Waals surface area contributed by atoms with Crippen LogP contribution in [0.4, 0.5) is 10.1 Å². The van der Waals surface area contributed by atoms with Crippen molar-refractivity contribution in [3.05, 3.63) is 47.4 Å². The molecule has 0 aliphatic rings. The second kappa shape index (κ2) is 5.09. The van der Waals surface area contributed by atoms with Gasteiger partial charge in [0.1, 0.15) is 17.6 Å². The Labute approximate surface area is 109 Å². The van der Waals surface area contributed by atoms with Crippen molar-refractivity contribution in [2.75, 3.05) is 5.73 Å². The molecular weight excluding hydrogens is 249 g/mol. The molecule has 2 rings (SSSR count). The number of nitrogens with zero attached hydrogens (tertiary/aromatic N) is 1. The molecule has 19 heavy (non-hydrogen) atoms. The highest BCUT2D eigenvalue weighted by atomic mass is 19.1. The van der Waals surface area contributed by atoms with Gasteiger partial charge in [-0.1, -0.05) is 0 Å². The van der Waals surface area contributed by atoms with Crippen molar-refractivity contribution >= 4 is 11.6 Å². The maximum atomic E-state index is 13.6. The Balaban J connectivity index is 2.12. The maximum absolute atomic E-state index is 13.6. The smallest absolute Gasteiger partial charge is 0.254 e. The molecule has 1 heterocycles. The van der Waals surface area contributed by atoms with Gasteiger partial charge in [-0.3, -0.25) is 4.79 Å². The Kier molecular flexibility index (Phi) is 3.50. The van der Waals surface area contributed by atoms with Gasteiger partial charge in [0.05, 0.1) is 11.8 Å². The van der Waals surface area contributed by atoms with E-state index in [2.05, 4.69) is 10.3 Å². The number of hydrogen-bond acceptors (Lipinski definition) is 4. The molecule has 100 valence electrons. The van der Waals surface area contributed by atoms with Crippen LogP contribution < -0.4 is 11.1 Å². The Morgan fingerprint density at radius 3 is 2.84 bits per heavy atom. The van der Waals surface area contributed by atoms with Crippen LogP contribution in [0.5, 0.6) is 0 Å². The number of amides is 1. The molecule has 0 spiro atoms. The molecule has 6 heteroatoms. The number of oxazole rings is 1. The fourth-order valence-corrected chi connectivity index (χ4v) is 1.62. The third-order valence-electron chi connectivity index (χ3n) is 2.59. The van der Waals surface area contributed by atoms with Gasteiger partial charge >= 0.3 is 0 Å². The van der Waals surface area contributed by atoms with E-state index >= 15 is 0 Å². The quantitative estimate of drug-likeness (QED) is 0.832. The number of halogens is 1. The highest BCUT2D eigenvalue weighted by Crippen LogP contribution is 2.15. The van der Waals surface area contributed by atoms with Gasteiger partial charge < -0.3 is 15.5 Å². The first-order valence-electron chi connectivity index (χ1n) is 5.75. The average molecular weight is 263 g/mol. The van der Waals surface area contributed by atoms with E-state index in [-0.39, 0.29) is 11.3 Å². The highest BCUT2D eigenvalue weighted by Gasteiger charge is 2.17. The number of nitrogens with one attached hydrogen (secondary N) is 1. The number of benzene rings is 1. The van der Waals surface area contributed by atoms with Crippen LogP contribution >= 0.6 is 0 Å². The predicted molar refractivity (Wildman–Crippen MR) is 67.9 cm³/mol. The van der Waals surface area contributed by atoms with Gasteiger partial charge in [0.2, 0.25) is 5.89 Å². The lowest BCUT2D eigenvalue weighted by Crippen LogP contribution is -2.27. The van der Waals surface area contributed by atoms with E-state index in [0.29, 0.717) is 11.7 Å². The molecule has 0 radical (unpaired) electrons. The van der Waals surface area contributed by atoms with Crippen molar-refractivity contribution in [2.45, 2.75) is 19.9 Å². The molecule has 0 saturated heterocycles. The maximum Gasteiger partial charge on any atom is 0.254 e. The lowest BCUT2D eigenvalue weighted by atomic mass is 10.1. The molecule has 5 nitrogen and oxygen atoms in total. The van der Waals surface area contributed by atoms with Gasteiger partial charge in [-0.05, 0) is 32.0 Å². The summed E-state index contributed by atoms with van der Waals surface area (Å²) in [4.78, 5) is 15.9. The fraction of sp³-hybridized carbons (Fsp3) is 0.231. The van der Waals surface area contributed by atoms with Crippen LogP contribution in [-0.4, -0.2) is 10.9 Å². The Bertz CT molecular complexity index is 610. The van der Waals surface area contributed by atoms with Crippen LogP contribution in [0.25, 0.3) is 0 Å². The lowest BCUT2D eigenvalue weighted by molar-refractivity contribution is 0.0930. The number of hydrogen-bond donors (Lipinski definition) is 2. The van der Waals surface area contributed by atoms with E-state index in [1.165, 1.54) is 12.1 Å². The summed E-state index contributed by atoms with van der Waals surface area (Å²) in [5.74, 6) is -0.175. The van der Waals surface area contributed by atoms with Crippen LogP contribution in [0.3, 0.4) is 0 Å². The van der Waals surface area contributed by atoms with Crippen LogP contribution in [0.2, 0.25) is 0 Å². The lowest BCUT2D eigenvalue weighted by Gasteiger charge is -2.11. The first-order valence-corrected chi connectivity index (χ1v) is 5.75. The summed E-state index contributed by atoms with van der Waals surface area (Å²) in [6.45, 7) is 3.46. The van der Waals surface area contributed by atoms with E-state index in [0.717, 1.165) is 6.07 Å². The minimum absolute atomic E-state index is 0.0654.